The summed E-state index contributed by atoms with van der Waals surface area (Å²) in [5, 5.41) is 16.2. The largest absolute Gasteiger partial charge is 0.389 e. The van der Waals surface area contributed by atoms with Crippen LogP contribution >= 0.6 is 11.6 Å². The second kappa shape index (κ2) is 9.40. The molecular weight excluding hydrogens is 480 g/mol. The van der Waals surface area contributed by atoms with E-state index in [0.717, 1.165) is 81.5 Å². The Morgan fingerprint density at radius 2 is 1.89 bits per heavy atom. The number of nitrogens with zero attached hydrogens (tertiary/aromatic N) is 3. The fourth-order valence-corrected chi connectivity index (χ4v) is 6.87. The number of aliphatic hydroxyl groups excluding tert-OH is 1. The van der Waals surface area contributed by atoms with E-state index < -0.39 is 6.10 Å². The summed E-state index contributed by atoms with van der Waals surface area (Å²) in [4.78, 5) is 22.2. The van der Waals surface area contributed by atoms with Crippen LogP contribution < -0.4 is 10.2 Å². The van der Waals surface area contributed by atoms with Gasteiger partial charge in [0.15, 0.2) is 0 Å². The molecule has 0 unspecified atom stereocenters. The molecule has 194 valence electrons. The Hall–Kier alpha value is -1.97. The molecule has 0 bridgehead atoms. The highest BCUT2D eigenvalue weighted by atomic mass is 35.5. The van der Waals surface area contributed by atoms with Crippen LogP contribution in [0, 0.1) is 11.3 Å². The van der Waals surface area contributed by atoms with E-state index >= 15 is 0 Å². The van der Waals surface area contributed by atoms with E-state index in [2.05, 4.69) is 33.1 Å². The van der Waals surface area contributed by atoms with Crippen LogP contribution in [0.25, 0.3) is 10.8 Å². The van der Waals surface area contributed by atoms with Crippen molar-refractivity contribution < 1.29 is 19.4 Å². The molecular formula is C27H35ClN4O4. The number of nitrogens with one attached hydrogen (secondary N) is 1. The van der Waals surface area contributed by atoms with Gasteiger partial charge in [-0.2, -0.15) is 0 Å². The monoisotopic (exact) mass is 514 g/mol. The van der Waals surface area contributed by atoms with Gasteiger partial charge in [-0.1, -0.05) is 11.6 Å². The van der Waals surface area contributed by atoms with Gasteiger partial charge in [0, 0.05) is 56.9 Å². The lowest BCUT2D eigenvalue weighted by Gasteiger charge is -2.50. The van der Waals surface area contributed by atoms with E-state index in [1.165, 1.54) is 0 Å². The van der Waals surface area contributed by atoms with Gasteiger partial charge in [-0.25, -0.2) is 4.98 Å². The first-order chi connectivity index (χ1) is 17.4. The van der Waals surface area contributed by atoms with Crippen LogP contribution in [0.1, 0.15) is 32.6 Å². The van der Waals surface area contributed by atoms with Crippen LogP contribution in [-0.4, -0.2) is 85.1 Å². The molecule has 8 nitrogen and oxygen atoms in total. The third-order valence-electron chi connectivity index (χ3n) is 9.24. The molecule has 3 aliphatic heterocycles. The Kier molecular flexibility index (Phi) is 6.37. The highest BCUT2D eigenvalue weighted by molar-refractivity contribution is 6.34. The molecule has 1 aliphatic carbocycles. The number of ether oxygens (including phenoxy) is 2. The highest BCUT2D eigenvalue weighted by Crippen LogP contribution is 2.53. The normalized spacial score (nSPS) is 30.5. The van der Waals surface area contributed by atoms with Gasteiger partial charge >= 0.3 is 0 Å². The number of aliphatic hydroxyl groups is 1. The van der Waals surface area contributed by atoms with E-state index in [4.69, 9.17) is 21.1 Å². The number of amides is 1. The number of halogens is 1. The fraction of sp³-hybridized carbons (Fsp3) is 0.630. The molecule has 1 amide bonds. The number of aromatic nitrogens is 1. The van der Waals surface area contributed by atoms with Gasteiger partial charge in [0.05, 0.1) is 35.6 Å². The van der Waals surface area contributed by atoms with Crippen LogP contribution in [0.4, 0.5) is 11.5 Å². The predicted octanol–water partition coefficient (Wildman–Crippen LogP) is 3.31. The van der Waals surface area contributed by atoms with Gasteiger partial charge in [-0.15, -0.1) is 0 Å². The van der Waals surface area contributed by atoms with Gasteiger partial charge in [0.2, 0.25) is 5.91 Å². The predicted molar refractivity (Wildman–Crippen MR) is 140 cm³/mol. The van der Waals surface area contributed by atoms with E-state index in [-0.39, 0.29) is 22.8 Å². The van der Waals surface area contributed by atoms with Crippen molar-refractivity contribution in [2.45, 2.75) is 44.2 Å². The maximum absolute atomic E-state index is 13.1. The number of benzene rings is 1. The Morgan fingerprint density at radius 1 is 1.11 bits per heavy atom. The van der Waals surface area contributed by atoms with Crippen molar-refractivity contribution in [3.63, 3.8) is 0 Å². The number of carbonyl (C=O) groups is 1. The van der Waals surface area contributed by atoms with Crippen LogP contribution in [0.3, 0.4) is 0 Å². The molecule has 9 heteroatoms. The SMILES string of the molecule is C[C@]1(N2CCN(c3cc4cc(NC(=O)[C@H]5CCC56CCOCC6)ncc4cc3Cl)CC2)COC[C@H]1O. The minimum absolute atomic E-state index is 0.0432. The third-order valence-corrected chi connectivity index (χ3v) is 9.55. The quantitative estimate of drug-likeness (QED) is 0.647. The smallest absolute Gasteiger partial charge is 0.229 e. The Balaban J connectivity index is 1.16. The molecule has 1 saturated carbocycles. The first-order valence-electron chi connectivity index (χ1n) is 13.1. The van der Waals surface area contributed by atoms with Crippen LogP contribution in [0.15, 0.2) is 24.4 Å². The minimum atomic E-state index is -0.462. The molecule has 3 saturated heterocycles. The number of piperazine rings is 1. The van der Waals surface area contributed by atoms with Gasteiger partial charge < -0.3 is 24.8 Å². The zero-order valence-electron chi connectivity index (χ0n) is 20.8. The van der Waals surface area contributed by atoms with Crippen molar-refractivity contribution in [3.05, 3.63) is 29.4 Å². The summed E-state index contributed by atoms with van der Waals surface area (Å²) in [7, 11) is 0. The summed E-state index contributed by atoms with van der Waals surface area (Å²) in [6, 6.07) is 6.01. The molecule has 2 aromatic rings. The molecule has 4 heterocycles. The topological polar surface area (TPSA) is 87.2 Å². The average molecular weight is 515 g/mol. The van der Waals surface area contributed by atoms with Gasteiger partial charge in [0.1, 0.15) is 5.82 Å². The van der Waals surface area contributed by atoms with Crippen LogP contribution in [-0.2, 0) is 14.3 Å². The molecule has 1 spiro atoms. The Bertz CT molecular complexity index is 1150. The van der Waals surface area contributed by atoms with Crippen molar-refractivity contribution in [1.29, 1.82) is 0 Å². The van der Waals surface area contributed by atoms with Gasteiger partial charge in [-0.3, -0.25) is 9.69 Å². The lowest BCUT2D eigenvalue weighted by molar-refractivity contribution is -0.138. The van der Waals surface area contributed by atoms with Crippen molar-refractivity contribution in [3.8, 4) is 0 Å². The molecule has 3 atom stereocenters. The molecule has 2 N–H and O–H groups in total. The number of hydrogen-bond acceptors (Lipinski definition) is 7. The standard InChI is InChI=1S/C27H35ClN4O4/c1-26(17-36-16-23(26)33)32-8-6-31(7-9-32)22-13-18-14-24(29-15-19(18)12-21(22)28)30-25(34)20-2-3-27(20)4-10-35-11-5-27/h12-15,20,23,33H,2-11,16-17H2,1H3,(H,29,30,34)/t20-,23-,26+/m1/s1. The molecule has 36 heavy (non-hydrogen) atoms. The molecule has 6 rings (SSSR count). The summed E-state index contributed by atoms with van der Waals surface area (Å²) in [5.41, 5.74) is 0.766. The third kappa shape index (κ3) is 4.17. The zero-order valence-corrected chi connectivity index (χ0v) is 21.6. The zero-order chi connectivity index (χ0) is 24.9. The number of carbonyl (C=O) groups excluding carboxylic acids is 1. The highest BCUT2D eigenvalue weighted by Gasteiger charge is 2.51. The minimum Gasteiger partial charge on any atom is -0.389 e. The summed E-state index contributed by atoms with van der Waals surface area (Å²) < 4.78 is 11.1. The summed E-state index contributed by atoms with van der Waals surface area (Å²) in [6.45, 7) is 7.84. The van der Waals surface area contributed by atoms with E-state index in [1.54, 1.807) is 6.20 Å². The molecule has 0 radical (unpaired) electrons. The van der Waals surface area contributed by atoms with Crippen molar-refractivity contribution in [2.24, 2.45) is 11.3 Å². The molecule has 1 aromatic carbocycles. The Morgan fingerprint density at radius 3 is 2.56 bits per heavy atom. The van der Waals surface area contributed by atoms with Crippen molar-refractivity contribution >= 4 is 39.8 Å². The second-order valence-corrected chi connectivity index (χ2v) is 11.5. The first kappa shape index (κ1) is 24.4. The summed E-state index contributed by atoms with van der Waals surface area (Å²) in [6.07, 6.45) is 5.31. The lowest BCUT2D eigenvalue weighted by Crippen LogP contribution is -2.60. The summed E-state index contributed by atoms with van der Waals surface area (Å²) >= 11 is 6.70. The fourth-order valence-electron chi connectivity index (χ4n) is 6.57. The van der Waals surface area contributed by atoms with E-state index in [0.29, 0.717) is 24.1 Å². The maximum atomic E-state index is 13.1. The first-order valence-corrected chi connectivity index (χ1v) is 13.5. The average Bonchev–Trinajstić information content (AvgIpc) is 3.22. The number of hydrogen-bond donors (Lipinski definition) is 2. The number of rotatable bonds is 4. The maximum Gasteiger partial charge on any atom is 0.229 e. The lowest BCUT2D eigenvalue weighted by atomic mass is 9.56. The number of pyridine rings is 1. The van der Waals surface area contributed by atoms with E-state index in [9.17, 15) is 9.90 Å². The summed E-state index contributed by atoms with van der Waals surface area (Å²) in [5.74, 6) is 0.705. The molecule has 4 fully saturated rings. The molecule has 4 aliphatic rings. The molecule has 1 aromatic heterocycles. The van der Waals surface area contributed by atoms with Crippen LogP contribution in [0.5, 0.6) is 0 Å². The second-order valence-electron chi connectivity index (χ2n) is 11.1. The Labute approximate surface area is 216 Å². The van der Waals surface area contributed by atoms with Crippen molar-refractivity contribution in [2.75, 3.05) is 62.8 Å². The van der Waals surface area contributed by atoms with Crippen LogP contribution in [0.2, 0.25) is 5.02 Å². The number of anilines is 2. The number of fused-ring (bicyclic) bond motifs is 1. The van der Waals surface area contributed by atoms with Crippen molar-refractivity contribution in [1.82, 2.24) is 9.88 Å². The van der Waals surface area contributed by atoms with Gasteiger partial charge in [-0.05, 0) is 61.6 Å². The van der Waals surface area contributed by atoms with E-state index in [1.807, 2.05) is 12.1 Å². The van der Waals surface area contributed by atoms with Gasteiger partial charge in [0.25, 0.3) is 0 Å².